The molecule has 0 aromatic carbocycles. The van der Waals surface area contributed by atoms with Gasteiger partial charge >= 0.3 is 5.97 Å². The predicted octanol–water partition coefficient (Wildman–Crippen LogP) is 8.65. The van der Waals surface area contributed by atoms with Gasteiger partial charge in [0.25, 0.3) is 0 Å². The standard InChI is InChI=1S/C37H66O6/c1-3-4-5-6-7-8-9-10-11-15-18-21-24-33(39)35-26-27-36(43-35)34(40)25-22-19-16-13-12-14-17-20-23-32(38)29-31-28-30(2)42-37(31)41/h15,18,28,30,32-36,38-40H,3-14,16-17,19-27,29H2,1-2H3. The molecule has 6 unspecified atom stereocenters. The number of ether oxygens (including phenoxy) is 2. The van der Waals surface area contributed by atoms with Gasteiger partial charge in [-0.2, -0.15) is 0 Å². The first-order chi connectivity index (χ1) is 20.9. The van der Waals surface area contributed by atoms with Gasteiger partial charge in [-0.3, -0.25) is 0 Å². The van der Waals surface area contributed by atoms with Crippen molar-refractivity contribution in [3.8, 4) is 0 Å². The van der Waals surface area contributed by atoms with Gasteiger partial charge in [-0.25, -0.2) is 4.79 Å². The Balaban J connectivity index is 1.38. The van der Waals surface area contributed by atoms with E-state index in [9.17, 15) is 20.1 Å². The second-order valence-electron chi connectivity index (χ2n) is 13.3. The molecule has 2 rings (SSSR count). The molecule has 0 saturated carbocycles. The quantitative estimate of drug-likeness (QED) is 0.0492. The highest BCUT2D eigenvalue weighted by Crippen LogP contribution is 2.28. The number of aliphatic hydroxyl groups excluding tert-OH is 3. The summed E-state index contributed by atoms with van der Waals surface area (Å²) in [5.41, 5.74) is 0.615. The Kier molecular flexibility index (Phi) is 21.3. The van der Waals surface area contributed by atoms with Crippen molar-refractivity contribution in [3.63, 3.8) is 0 Å². The van der Waals surface area contributed by atoms with Crippen molar-refractivity contribution in [3.05, 3.63) is 23.8 Å². The summed E-state index contributed by atoms with van der Waals surface area (Å²) in [6.45, 7) is 4.10. The van der Waals surface area contributed by atoms with E-state index in [0.717, 1.165) is 70.6 Å². The van der Waals surface area contributed by atoms with Crippen LogP contribution in [-0.4, -0.2) is 57.9 Å². The molecule has 0 aromatic rings. The number of rotatable bonds is 27. The Morgan fingerprint density at radius 3 is 1.81 bits per heavy atom. The van der Waals surface area contributed by atoms with Crippen LogP contribution in [0.3, 0.4) is 0 Å². The van der Waals surface area contributed by atoms with Gasteiger partial charge in [0.1, 0.15) is 6.10 Å². The molecule has 6 nitrogen and oxygen atoms in total. The topological polar surface area (TPSA) is 96.2 Å². The van der Waals surface area contributed by atoms with Crippen LogP contribution in [0.5, 0.6) is 0 Å². The van der Waals surface area contributed by atoms with Gasteiger partial charge in [-0.05, 0) is 64.4 Å². The van der Waals surface area contributed by atoms with Gasteiger partial charge < -0.3 is 24.8 Å². The van der Waals surface area contributed by atoms with E-state index in [0.29, 0.717) is 12.0 Å². The Labute approximate surface area is 263 Å². The molecule has 0 amide bonds. The molecular formula is C37H66O6. The summed E-state index contributed by atoms with van der Waals surface area (Å²) in [5.74, 6) is -0.282. The maximum Gasteiger partial charge on any atom is 0.334 e. The van der Waals surface area contributed by atoms with Crippen LogP contribution in [-0.2, 0) is 14.3 Å². The number of carbonyl (C=O) groups excluding carboxylic acids is 1. The number of carbonyl (C=O) groups is 1. The summed E-state index contributed by atoms with van der Waals surface area (Å²) in [7, 11) is 0. The zero-order chi connectivity index (χ0) is 31.1. The van der Waals surface area contributed by atoms with Gasteiger partial charge in [0.2, 0.25) is 0 Å². The monoisotopic (exact) mass is 606 g/mol. The van der Waals surface area contributed by atoms with Gasteiger partial charge in [0.15, 0.2) is 0 Å². The lowest BCUT2D eigenvalue weighted by molar-refractivity contribution is -0.139. The van der Waals surface area contributed by atoms with Crippen LogP contribution >= 0.6 is 0 Å². The molecule has 6 atom stereocenters. The molecule has 0 spiro atoms. The maximum absolute atomic E-state index is 11.6. The Morgan fingerprint density at radius 1 is 0.721 bits per heavy atom. The molecule has 0 aromatic heterocycles. The minimum Gasteiger partial charge on any atom is -0.455 e. The average Bonchev–Trinajstić information content (AvgIpc) is 3.60. The summed E-state index contributed by atoms with van der Waals surface area (Å²) in [6, 6.07) is 0. The Hall–Kier alpha value is -1.21. The van der Waals surface area contributed by atoms with Crippen molar-refractivity contribution in [2.24, 2.45) is 0 Å². The highest BCUT2D eigenvalue weighted by molar-refractivity contribution is 5.90. The summed E-state index contributed by atoms with van der Waals surface area (Å²) < 4.78 is 11.2. The molecule has 2 heterocycles. The first-order valence-electron chi connectivity index (χ1n) is 18.2. The van der Waals surface area contributed by atoms with E-state index in [1.165, 1.54) is 77.0 Å². The Morgan fingerprint density at radius 2 is 1.23 bits per heavy atom. The van der Waals surface area contributed by atoms with Crippen LogP contribution in [0.4, 0.5) is 0 Å². The molecule has 250 valence electrons. The van der Waals surface area contributed by atoms with Crippen LogP contribution < -0.4 is 0 Å². The number of aliphatic hydroxyl groups is 3. The SMILES string of the molecule is CCCCCCCCCCC=CCCC(O)C1CCC(C(O)CCCCCCCCCCC(O)CC2=CC(C)OC2=O)O1. The fourth-order valence-corrected chi connectivity index (χ4v) is 6.46. The summed E-state index contributed by atoms with van der Waals surface area (Å²) in [6.07, 6.45) is 30.7. The molecule has 3 N–H and O–H groups in total. The fourth-order valence-electron chi connectivity index (χ4n) is 6.46. The predicted molar refractivity (Wildman–Crippen MR) is 176 cm³/mol. The molecule has 0 radical (unpaired) electrons. The van der Waals surface area contributed by atoms with Gasteiger partial charge in [0.05, 0.1) is 30.5 Å². The van der Waals surface area contributed by atoms with E-state index in [2.05, 4.69) is 19.1 Å². The number of esters is 1. The van der Waals surface area contributed by atoms with Crippen LogP contribution in [0.25, 0.3) is 0 Å². The van der Waals surface area contributed by atoms with Crippen LogP contribution in [0.2, 0.25) is 0 Å². The van der Waals surface area contributed by atoms with Gasteiger partial charge in [-0.1, -0.05) is 115 Å². The molecular weight excluding hydrogens is 540 g/mol. The van der Waals surface area contributed by atoms with Crippen molar-refractivity contribution in [2.45, 2.75) is 205 Å². The molecule has 2 aliphatic heterocycles. The normalized spacial score (nSPS) is 22.7. The zero-order valence-electron chi connectivity index (χ0n) is 27.7. The molecule has 1 saturated heterocycles. The zero-order valence-corrected chi connectivity index (χ0v) is 27.7. The first kappa shape index (κ1) is 38.0. The first-order valence-corrected chi connectivity index (χ1v) is 18.2. The van der Waals surface area contributed by atoms with E-state index in [1.54, 1.807) is 0 Å². The minimum atomic E-state index is -0.464. The Bertz CT molecular complexity index is 764. The molecule has 0 bridgehead atoms. The molecule has 43 heavy (non-hydrogen) atoms. The van der Waals surface area contributed by atoms with Crippen molar-refractivity contribution in [1.82, 2.24) is 0 Å². The highest BCUT2D eigenvalue weighted by atomic mass is 16.5. The number of cyclic esters (lactones) is 1. The van der Waals surface area contributed by atoms with Crippen molar-refractivity contribution >= 4 is 5.97 Å². The third-order valence-electron chi connectivity index (χ3n) is 9.20. The second-order valence-corrected chi connectivity index (χ2v) is 13.3. The van der Waals surface area contributed by atoms with Crippen molar-refractivity contribution < 1.29 is 29.6 Å². The molecule has 0 aliphatic carbocycles. The second kappa shape index (κ2) is 24.1. The number of hydrogen-bond acceptors (Lipinski definition) is 6. The lowest BCUT2D eigenvalue weighted by atomic mass is 10.00. The summed E-state index contributed by atoms with van der Waals surface area (Å²) >= 11 is 0. The molecule has 6 heteroatoms. The van der Waals surface area contributed by atoms with Crippen molar-refractivity contribution in [2.75, 3.05) is 0 Å². The lowest BCUT2D eigenvalue weighted by Crippen LogP contribution is -2.30. The largest absolute Gasteiger partial charge is 0.455 e. The number of unbranched alkanes of at least 4 members (excludes halogenated alkanes) is 15. The number of allylic oxidation sites excluding steroid dienone is 2. The van der Waals surface area contributed by atoms with Gasteiger partial charge in [-0.15, -0.1) is 0 Å². The summed E-state index contributed by atoms with van der Waals surface area (Å²) in [5, 5.41) is 31.4. The van der Waals surface area contributed by atoms with E-state index < -0.39 is 18.3 Å². The minimum absolute atomic E-state index is 0.133. The third-order valence-corrected chi connectivity index (χ3v) is 9.20. The molecule has 1 fully saturated rings. The smallest absolute Gasteiger partial charge is 0.334 e. The van der Waals surface area contributed by atoms with E-state index in [1.807, 2.05) is 13.0 Å². The van der Waals surface area contributed by atoms with E-state index in [-0.39, 0.29) is 24.3 Å². The maximum atomic E-state index is 11.6. The highest BCUT2D eigenvalue weighted by Gasteiger charge is 2.34. The van der Waals surface area contributed by atoms with Crippen LogP contribution in [0.15, 0.2) is 23.8 Å². The van der Waals surface area contributed by atoms with Crippen molar-refractivity contribution in [1.29, 1.82) is 0 Å². The van der Waals surface area contributed by atoms with E-state index >= 15 is 0 Å². The fraction of sp³-hybridized carbons (Fsp3) is 0.865. The summed E-state index contributed by atoms with van der Waals surface area (Å²) in [4.78, 5) is 11.6. The van der Waals surface area contributed by atoms with Crippen LogP contribution in [0.1, 0.15) is 168 Å². The van der Waals surface area contributed by atoms with E-state index in [4.69, 9.17) is 9.47 Å². The van der Waals surface area contributed by atoms with Crippen LogP contribution in [0, 0.1) is 0 Å². The average molecular weight is 607 g/mol. The number of hydrogen-bond donors (Lipinski definition) is 3. The third kappa shape index (κ3) is 17.8. The lowest BCUT2D eigenvalue weighted by Gasteiger charge is -2.22. The molecule has 2 aliphatic rings. The van der Waals surface area contributed by atoms with Gasteiger partial charge in [0, 0.05) is 12.0 Å².